The summed E-state index contributed by atoms with van der Waals surface area (Å²) in [6.07, 6.45) is 4.06. The largest absolute Gasteiger partial charge is 0.372 e. The van der Waals surface area contributed by atoms with Gasteiger partial charge >= 0.3 is 0 Å². The lowest BCUT2D eigenvalue weighted by atomic mass is 10.1. The van der Waals surface area contributed by atoms with Crippen molar-refractivity contribution >= 4 is 27.6 Å². The van der Waals surface area contributed by atoms with Gasteiger partial charge in [0.05, 0.1) is 0 Å². The van der Waals surface area contributed by atoms with Crippen molar-refractivity contribution in [3.05, 3.63) is 10.8 Å². The van der Waals surface area contributed by atoms with E-state index in [2.05, 4.69) is 55.1 Å². The third kappa shape index (κ3) is 2.75. The van der Waals surface area contributed by atoms with Gasteiger partial charge in [0.1, 0.15) is 22.4 Å². The predicted octanol–water partition coefficient (Wildman–Crippen LogP) is 1.81. The van der Waals surface area contributed by atoms with Crippen LogP contribution in [-0.4, -0.2) is 55.1 Å². The number of halogens is 1. The van der Waals surface area contributed by atoms with E-state index in [0.717, 1.165) is 22.7 Å². The topological polar surface area (TPSA) is 44.3 Å². The van der Waals surface area contributed by atoms with Gasteiger partial charge in [-0.1, -0.05) is 0 Å². The number of hydrogen-bond donors (Lipinski definition) is 1. The molecule has 1 atom stereocenters. The van der Waals surface area contributed by atoms with Crippen molar-refractivity contribution in [1.82, 2.24) is 14.9 Å². The summed E-state index contributed by atoms with van der Waals surface area (Å²) in [5, 5.41) is 3.07. The summed E-state index contributed by atoms with van der Waals surface area (Å²) in [7, 11) is 6.15. The van der Waals surface area contributed by atoms with Crippen molar-refractivity contribution in [2.24, 2.45) is 0 Å². The van der Waals surface area contributed by atoms with Gasteiger partial charge in [0.15, 0.2) is 0 Å². The van der Waals surface area contributed by atoms with E-state index in [1.54, 1.807) is 6.33 Å². The Morgan fingerprint density at radius 1 is 1.50 bits per heavy atom. The average Bonchev–Trinajstić information content (AvgIpc) is 2.38. The normalized spacial score (nSPS) is 20.8. The van der Waals surface area contributed by atoms with Crippen molar-refractivity contribution in [2.75, 3.05) is 44.4 Å². The summed E-state index contributed by atoms with van der Waals surface area (Å²) in [4.78, 5) is 13.2. The number of likely N-dealkylation sites (tertiary alicyclic amines) is 1. The molecule has 6 heteroatoms. The molecule has 1 aliphatic heterocycles. The first-order chi connectivity index (χ1) is 8.63. The lowest BCUT2D eigenvalue weighted by molar-refractivity contribution is 0.247. The van der Waals surface area contributed by atoms with Crippen LogP contribution in [0.5, 0.6) is 0 Å². The van der Waals surface area contributed by atoms with Crippen LogP contribution in [0.2, 0.25) is 0 Å². The Bertz CT molecular complexity index is 411. The Hall–Kier alpha value is -0.880. The first-order valence-corrected chi connectivity index (χ1v) is 7.02. The van der Waals surface area contributed by atoms with Crippen LogP contribution in [0.15, 0.2) is 10.8 Å². The molecule has 1 aromatic heterocycles. The summed E-state index contributed by atoms with van der Waals surface area (Å²) in [5.74, 6) is 1.78. The fraction of sp³-hybridized carbons (Fsp3) is 0.667. The number of rotatable bonds is 3. The maximum atomic E-state index is 4.40. The summed E-state index contributed by atoms with van der Waals surface area (Å²) in [6.45, 7) is 2.28. The Balaban J connectivity index is 2.20. The minimum atomic E-state index is 0.514. The van der Waals surface area contributed by atoms with Gasteiger partial charge in [-0.05, 0) is 42.4 Å². The quantitative estimate of drug-likeness (QED) is 0.922. The zero-order valence-electron chi connectivity index (χ0n) is 11.1. The summed E-state index contributed by atoms with van der Waals surface area (Å²) >= 11 is 3.58. The maximum Gasteiger partial charge on any atom is 0.148 e. The van der Waals surface area contributed by atoms with Crippen molar-refractivity contribution in [3.8, 4) is 0 Å². The minimum Gasteiger partial charge on any atom is -0.372 e. The Morgan fingerprint density at radius 3 is 2.94 bits per heavy atom. The van der Waals surface area contributed by atoms with E-state index in [9.17, 15) is 0 Å². The smallest absolute Gasteiger partial charge is 0.148 e. The van der Waals surface area contributed by atoms with Crippen LogP contribution in [0, 0.1) is 0 Å². The standard InChI is InChI=1S/C12H20BrN5/c1-14-11-10(13)12(16-8-15-11)18(3)9-5-4-6-17(2)7-9/h8-9H,4-7H2,1-3H3,(H,14,15,16). The van der Waals surface area contributed by atoms with Crippen molar-refractivity contribution in [1.29, 1.82) is 0 Å². The molecular weight excluding hydrogens is 294 g/mol. The molecular formula is C12H20BrN5. The van der Waals surface area contributed by atoms with Crippen LogP contribution in [0.1, 0.15) is 12.8 Å². The number of aromatic nitrogens is 2. The van der Waals surface area contributed by atoms with E-state index in [-0.39, 0.29) is 0 Å². The summed E-state index contributed by atoms with van der Waals surface area (Å²) in [5.41, 5.74) is 0. The monoisotopic (exact) mass is 313 g/mol. The van der Waals surface area contributed by atoms with E-state index in [1.165, 1.54) is 19.4 Å². The molecule has 5 nitrogen and oxygen atoms in total. The molecule has 100 valence electrons. The molecule has 1 unspecified atom stereocenters. The summed E-state index contributed by atoms with van der Waals surface area (Å²) in [6, 6.07) is 0.514. The van der Waals surface area contributed by atoms with Crippen LogP contribution < -0.4 is 10.2 Å². The highest BCUT2D eigenvalue weighted by Crippen LogP contribution is 2.30. The molecule has 1 aliphatic rings. The van der Waals surface area contributed by atoms with E-state index >= 15 is 0 Å². The second-order valence-electron chi connectivity index (χ2n) is 4.78. The van der Waals surface area contributed by atoms with Crippen molar-refractivity contribution in [3.63, 3.8) is 0 Å². The number of nitrogens with zero attached hydrogens (tertiary/aromatic N) is 4. The second kappa shape index (κ2) is 5.84. The van der Waals surface area contributed by atoms with Crippen LogP contribution in [0.4, 0.5) is 11.6 Å². The number of piperidine rings is 1. The highest BCUT2D eigenvalue weighted by atomic mass is 79.9. The molecule has 0 saturated carbocycles. The fourth-order valence-corrected chi connectivity index (χ4v) is 3.09. The molecule has 0 bridgehead atoms. The van der Waals surface area contributed by atoms with Crippen LogP contribution in [-0.2, 0) is 0 Å². The van der Waals surface area contributed by atoms with Gasteiger partial charge in [0.2, 0.25) is 0 Å². The molecule has 1 aromatic rings. The fourth-order valence-electron chi connectivity index (χ4n) is 2.41. The second-order valence-corrected chi connectivity index (χ2v) is 5.57. The SMILES string of the molecule is CNc1ncnc(N(C)C2CCCN(C)C2)c1Br. The zero-order chi connectivity index (χ0) is 13.1. The number of nitrogens with one attached hydrogen (secondary N) is 1. The van der Waals surface area contributed by atoms with Gasteiger partial charge in [0, 0.05) is 26.7 Å². The zero-order valence-corrected chi connectivity index (χ0v) is 12.7. The van der Waals surface area contributed by atoms with Crippen molar-refractivity contribution in [2.45, 2.75) is 18.9 Å². The lowest BCUT2D eigenvalue weighted by Crippen LogP contribution is -2.45. The molecule has 0 spiro atoms. The number of anilines is 2. The molecule has 2 heterocycles. The Kier molecular flexibility index (Phi) is 4.40. The van der Waals surface area contributed by atoms with Crippen LogP contribution in [0.3, 0.4) is 0 Å². The van der Waals surface area contributed by atoms with Gasteiger partial charge < -0.3 is 15.1 Å². The molecule has 0 aromatic carbocycles. The molecule has 0 aliphatic carbocycles. The highest BCUT2D eigenvalue weighted by Gasteiger charge is 2.24. The molecule has 1 N–H and O–H groups in total. The van der Waals surface area contributed by atoms with E-state index in [0.29, 0.717) is 6.04 Å². The number of hydrogen-bond acceptors (Lipinski definition) is 5. The van der Waals surface area contributed by atoms with Gasteiger partial charge in [-0.3, -0.25) is 0 Å². The van der Waals surface area contributed by atoms with Crippen LogP contribution >= 0.6 is 15.9 Å². The first-order valence-electron chi connectivity index (χ1n) is 6.23. The van der Waals surface area contributed by atoms with Gasteiger partial charge in [-0.15, -0.1) is 0 Å². The van der Waals surface area contributed by atoms with E-state index < -0.39 is 0 Å². The highest BCUT2D eigenvalue weighted by molar-refractivity contribution is 9.10. The third-order valence-corrected chi connectivity index (χ3v) is 4.22. The van der Waals surface area contributed by atoms with Crippen molar-refractivity contribution < 1.29 is 0 Å². The minimum absolute atomic E-state index is 0.514. The molecule has 1 fully saturated rings. The molecule has 0 amide bonds. The Morgan fingerprint density at radius 2 is 2.28 bits per heavy atom. The number of likely N-dealkylation sites (N-methyl/N-ethyl adjacent to an activating group) is 2. The van der Waals surface area contributed by atoms with E-state index in [4.69, 9.17) is 0 Å². The van der Waals surface area contributed by atoms with Gasteiger partial charge in [-0.2, -0.15) is 0 Å². The first kappa shape index (κ1) is 13.5. The molecule has 0 radical (unpaired) electrons. The molecule has 2 rings (SSSR count). The Labute approximate surface area is 117 Å². The van der Waals surface area contributed by atoms with Gasteiger partial charge in [0.25, 0.3) is 0 Å². The summed E-state index contributed by atoms with van der Waals surface area (Å²) < 4.78 is 0.934. The lowest BCUT2D eigenvalue weighted by Gasteiger charge is -2.36. The molecule has 1 saturated heterocycles. The molecule has 18 heavy (non-hydrogen) atoms. The average molecular weight is 314 g/mol. The predicted molar refractivity (Wildman–Crippen MR) is 78.2 cm³/mol. The maximum absolute atomic E-state index is 4.40. The van der Waals surface area contributed by atoms with Crippen LogP contribution in [0.25, 0.3) is 0 Å². The van der Waals surface area contributed by atoms with E-state index in [1.807, 2.05) is 7.05 Å². The third-order valence-electron chi connectivity index (χ3n) is 3.49. The van der Waals surface area contributed by atoms with Gasteiger partial charge in [-0.25, -0.2) is 9.97 Å².